The summed E-state index contributed by atoms with van der Waals surface area (Å²) < 4.78 is 0. The Bertz CT molecular complexity index is 1060. The smallest absolute Gasteiger partial charge is 0.167 e. The molecule has 2 atom stereocenters. The number of H-pyrrole nitrogens is 1. The third-order valence-corrected chi connectivity index (χ3v) is 7.07. The molecule has 2 aliphatic rings. The van der Waals surface area contributed by atoms with E-state index in [2.05, 4.69) is 47.3 Å². The number of rotatable bonds is 4. The van der Waals surface area contributed by atoms with Crippen molar-refractivity contribution in [2.75, 3.05) is 13.1 Å². The van der Waals surface area contributed by atoms with Crippen molar-refractivity contribution in [1.82, 2.24) is 9.88 Å². The van der Waals surface area contributed by atoms with Crippen LogP contribution < -0.4 is 0 Å². The van der Waals surface area contributed by atoms with E-state index in [0.29, 0.717) is 12.3 Å². The molecule has 1 aromatic heterocycles. The number of carbonyl (C=O) groups excluding carboxylic acids is 1. The van der Waals surface area contributed by atoms with Crippen molar-refractivity contribution in [2.24, 2.45) is 0 Å². The standard InChI is InChI=1S/C26H30N2O/c1-17-5-9-22(18(2)12-17)26(29)14-19-6-10-25-23(13-19)24(15-27-25)20-7-8-21-4-3-11-28(21)16-20/h5-6,9-10,12-13,15,20-21,27H,3-4,7-8,11,14,16H2,1-2H3. The van der Waals surface area contributed by atoms with Crippen LogP contribution in [0.1, 0.15) is 64.2 Å². The van der Waals surface area contributed by atoms with Gasteiger partial charge in [0.25, 0.3) is 0 Å². The van der Waals surface area contributed by atoms with Crippen molar-refractivity contribution in [3.05, 3.63) is 70.4 Å². The van der Waals surface area contributed by atoms with Crippen molar-refractivity contribution in [3.63, 3.8) is 0 Å². The second-order valence-corrected chi connectivity index (χ2v) is 9.11. The summed E-state index contributed by atoms with van der Waals surface area (Å²) in [7, 11) is 0. The predicted octanol–water partition coefficient (Wildman–Crippen LogP) is 5.55. The Kier molecular flexibility index (Phi) is 4.79. The number of aromatic nitrogens is 1. The zero-order valence-electron chi connectivity index (χ0n) is 17.5. The molecule has 0 bridgehead atoms. The maximum atomic E-state index is 12.9. The lowest BCUT2D eigenvalue weighted by molar-refractivity contribution is 0.0992. The van der Waals surface area contributed by atoms with E-state index in [1.165, 1.54) is 60.8 Å². The Labute approximate surface area is 173 Å². The molecule has 2 unspecified atom stereocenters. The van der Waals surface area contributed by atoms with Crippen LogP contribution in [0.15, 0.2) is 42.6 Å². The maximum absolute atomic E-state index is 12.9. The van der Waals surface area contributed by atoms with Gasteiger partial charge in [0.05, 0.1) is 0 Å². The highest BCUT2D eigenvalue weighted by atomic mass is 16.1. The summed E-state index contributed by atoms with van der Waals surface area (Å²) in [4.78, 5) is 19.1. The number of piperidine rings is 1. The van der Waals surface area contributed by atoms with E-state index in [9.17, 15) is 4.79 Å². The summed E-state index contributed by atoms with van der Waals surface area (Å²) in [5, 5.41) is 1.30. The normalized spacial score (nSPS) is 22.1. The van der Waals surface area contributed by atoms with Crippen molar-refractivity contribution in [3.8, 4) is 0 Å². The lowest BCUT2D eigenvalue weighted by Gasteiger charge is -2.35. The molecule has 0 spiro atoms. The van der Waals surface area contributed by atoms with Gasteiger partial charge in [-0.3, -0.25) is 9.69 Å². The van der Waals surface area contributed by atoms with E-state index in [0.717, 1.165) is 22.7 Å². The van der Waals surface area contributed by atoms with Crippen molar-refractivity contribution < 1.29 is 4.79 Å². The Hall–Kier alpha value is -2.39. The van der Waals surface area contributed by atoms with Gasteiger partial charge in [0, 0.05) is 41.7 Å². The molecular weight excluding hydrogens is 356 g/mol. The number of nitrogens with one attached hydrogen (secondary N) is 1. The van der Waals surface area contributed by atoms with Crippen LogP contribution in [-0.2, 0) is 6.42 Å². The van der Waals surface area contributed by atoms with Crippen LogP contribution in [0.3, 0.4) is 0 Å². The highest BCUT2D eigenvalue weighted by Crippen LogP contribution is 2.37. The highest BCUT2D eigenvalue weighted by Gasteiger charge is 2.32. The van der Waals surface area contributed by atoms with Gasteiger partial charge in [-0.25, -0.2) is 0 Å². The first kappa shape index (κ1) is 18.6. The zero-order chi connectivity index (χ0) is 20.0. The maximum Gasteiger partial charge on any atom is 0.167 e. The number of Topliss-reactive ketones (excluding diaryl/α,β-unsaturated/α-hetero) is 1. The van der Waals surface area contributed by atoms with Crippen LogP contribution in [0, 0.1) is 13.8 Å². The molecule has 2 saturated heterocycles. The molecule has 0 saturated carbocycles. The summed E-state index contributed by atoms with van der Waals surface area (Å²) in [5.41, 5.74) is 6.85. The van der Waals surface area contributed by atoms with E-state index in [1.807, 2.05) is 19.1 Å². The summed E-state index contributed by atoms with van der Waals surface area (Å²) in [6.07, 6.45) is 8.01. The van der Waals surface area contributed by atoms with Crippen molar-refractivity contribution in [2.45, 2.75) is 57.9 Å². The van der Waals surface area contributed by atoms with Gasteiger partial charge in [0.1, 0.15) is 0 Å². The van der Waals surface area contributed by atoms with E-state index in [1.54, 1.807) is 0 Å². The van der Waals surface area contributed by atoms with Crippen molar-refractivity contribution in [1.29, 1.82) is 0 Å². The van der Waals surface area contributed by atoms with Gasteiger partial charge >= 0.3 is 0 Å². The molecule has 0 aliphatic carbocycles. The minimum Gasteiger partial charge on any atom is -0.361 e. The lowest BCUT2D eigenvalue weighted by Crippen LogP contribution is -2.37. The number of aryl methyl sites for hydroxylation is 2. The second kappa shape index (κ2) is 7.46. The monoisotopic (exact) mass is 386 g/mol. The zero-order valence-corrected chi connectivity index (χ0v) is 17.5. The number of hydrogen-bond acceptors (Lipinski definition) is 2. The molecule has 5 rings (SSSR count). The summed E-state index contributed by atoms with van der Waals surface area (Å²) >= 11 is 0. The minimum absolute atomic E-state index is 0.205. The number of fused-ring (bicyclic) bond motifs is 2. The summed E-state index contributed by atoms with van der Waals surface area (Å²) in [6.45, 7) is 6.54. The summed E-state index contributed by atoms with van der Waals surface area (Å²) in [5.74, 6) is 0.805. The molecule has 2 fully saturated rings. The Morgan fingerprint density at radius 2 is 2.00 bits per heavy atom. The van der Waals surface area contributed by atoms with Gasteiger partial charge in [-0.1, -0.05) is 29.8 Å². The molecule has 1 N–H and O–H groups in total. The molecule has 29 heavy (non-hydrogen) atoms. The van der Waals surface area contributed by atoms with Gasteiger partial charge in [-0.05, 0) is 80.8 Å². The molecule has 3 aromatic rings. The number of carbonyl (C=O) groups is 1. The van der Waals surface area contributed by atoms with Gasteiger partial charge in [0.15, 0.2) is 5.78 Å². The highest BCUT2D eigenvalue weighted by molar-refractivity contribution is 5.99. The van der Waals surface area contributed by atoms with E-state index in [-0.39, 0.29) is 5.78 Å². The minimum atomic E-state index is 0.205. The quantitative estimate of drug-likeness (QED) is 0.597. The van der Waals surface area contributed by atoms with Gasteiger partial charge in [-0.15, -0.1) is 0 Å². The van der Waals surface area contributed by atoms with Crippen LogP contribution in [0.5, 0.6) is 0 Å². The molecule has 3 heterocycles. The van der Waals surface area contributed by atoms with E-state index < -0.39 is 0 Å². The first-order valence-electron chi connectivity index (χ1n) is 11.0. The molecular formula is C26H30N2O. The van der Waals surface area contributed by atoms with Gasteiger partial charge in [-0.2, -0.15) is 0 Å². The topological polar surface area (TPSA) is 36.1 Å². The van der Waals surface area contributed by atoms with Gasteiger partial charge in [0.2, 0.25) is 0 Å². The molecule has 2 aliphatic heterocycles. The van der Waals surface area contributed by atoms with Crippen LogP contribution in [0.4, 0.5) is 0 Å². The second-order valence-electron chi connectivity index (χ2n) is 9.11. The number of nitrogens with zero attached hydrogens (tertiary/aromatic N) is 1. The van der Waals surface area contributed by atoms with Crippen molar-refractivity contribution >= 4 is 16.7 Å². The average molecular weight is 387 g/mol. The van der Waals surface area contributed by atoms with Crippen LogP contribution in [0.2, 0.25) is 0 Å². The number of aromatic amines is 1. The average Bonchev–Trinajstić information content (AvgIpc) is 3.33. The van der Waals surface area contributed by atoms with Crippen LogP contribution in [0.25, 0.3) is 10.9 Å². The first-order chi connectivity index (χ1) is 14.1. The Morgan fingerprint density at radius 3 is 2.86 bits per heavy atom. The van der Waals surface area contributed by atoms with Crippen LogP contribution >= 0.6 is 0 Å². The van der Waals surface area contributed by atoms with E-state index >= 15 is 0 Å². The fourth-order valence-corrected chi connectivity index (χ4v) is 5.53. The molecule has 3 heteroatoms. The van der Waals surface area contributed by atoms with Crippen LogP contribution in [-0.4, -0.2) is 34.8 Å². The first-order valence-corrected chi connectivity index (χ1v) is 11.0. The Balaban J connectivity index is 1.40. The molecule has 3 nitrogen and oxygen atoms in total. The predicted molar refractivity (Wildman–Crippen MR) is 119 cm³/mol. The lowest BCUT2D eigenvalue weighted by atomic mass is 9.87. The molecule has 2 aromatic carbocycles. The fourth-order valence-electron chi connectivity index (χ4n) is 5.53. The fraction of sp³-hybridized carbons (Fsp3) is 0.423. The number of ketones is 1. The Morgan fingerprint density at radius 1 is 1.10 bits per heavy atom. The molecule has 0 radical (unpaired) electrons. The summed E-state index contributed by atoms with van der Waals surface area (Å²) in [6, 6.07) is 13.4. The number of hydrogen-bond donors (Lipinski definition) is 1. The number of benzene rings is 2. The molecule has 0 amide bonds. The third kappa shape index (κ3) is 3.53. The SMILES string of the molecule is Cc1ccc(C(=O)Cc2ccc3[nH]cc(C4CCC5CCCN5C4)c3c2)c(C)c1. The largest absolute Gasteiger partial charge is 0.361 e. The third-order valence-electron chi connectivity index (χ3n) is 7.07. The molecule has 150 valence electrons. The van der Waals surface area contributed by atoms with E-state index in [4.69, 9.17) is 0 Å². The van der Waals surface area contributed by atoms with Gasteiger partial charge < -0.3 is 4.98 Å².